The molecule has 1 heterocycles. The Morgan fingerprint density at radius 3 is 2.36 bits per heavy atom. The first-order valence-corrected chi connectivity index (χ1v) is 7.95. The maximum atomic E-state index is 13.4. The maximum Gasteiger partial charge on any atom is 0.129 e. The number of nitrogens with zero attached hydrogens (tertiary/aromatic N) is 1. The zero-order valence-electron chi connectivity index (χ0n) is 13.0. The van der Waals surface area contributed by atoms with Crippen LogP contribution >= 0.6 is 0 Å². The molecular weight excluding hydrogens is 277 g/mol. The van der Waals surface area contributed by atoms with Crippen LogP contribution in [0.3, 0.4) is 0 Å². The second kappa shape index (κ2) is 6.49. The molecule has 3 rings (SSSR count). The minimum absolute atomic E-state index is 0.0313. The lowest BCUT2D eigenvalue weighted by Crippen LogP contribution is -2.28. The smallest absolute Gasteiger partial charge is 0.129 e. The number of hydrogen-bond acceptors (Lipinski definition) is 2. The number of aromatic hydroxyl groups is 1. The molecule has 1 saturated heterocycles. The van der Waals surface area contributed by atoms with Crippen molar-refractivity contribution in [3.8, 4) is 16.9 Å². The number of likely N-dealkylation sites (tertiary alicyclic amines) is 1. The molecule has 2 aromatic carbocycles. The molecule has 0 aromatic heterocycles. The van der Waals surface area contributed by atoms with Crippen LogP contribution < -0.4 is 0 Å². The average Bonchev–Trinajstić information content (AvgIpc) is 2.55. The molecule has 0 aliphatic carbocycles. The molecule has 2 aromatic rings. The highest BCUT2D eigenvalue weighted by Gasteiger charge is 2.12. The molecular formula is C19H22FNO. The summed E-state index contributed by atoms with van der Waals surface area (Å²) in [5.41, 5.74) is 3.19. The van der Waals surface area contributed by atoms with Gasteiger partial charge in [0.2, 0.25) is 0 Å². The Morgan fingerprint density at radius 2 is 1.68 bits per heavy atom. The van der Waals surface area contributed by atoms with Gasteiger partial charge in [0.1, 0.15) is 11.6 Å². The number of rotatable bonds is 3. The van der Waals surface area contributed by atoms with Gasteiger partial charge in [-0.2, -0.15) is 0 Å². The van der Waals surface area contributed by atoms with Crippen molar-refractivity contribution in [3.05, 3.63) is 53.3 Å². The van der Waals surface area contributed by atoms with Gasteiger partial charge in [-0.3, -0.25) is 4.90 Å². The molecule has 2 nitrogen and oxygen atoms in total. The maximum absolute atomic E-state index is 13.4. The summed E-state index contributed by atoms with van der Waals surface area (Å²) in [4.78, 5) is 2.48. The first-order valence-electron chi connectivity index (χ1n) is 7.95. The highest BCUT2D eigenvalue weighted by Crippen LogP contribution is 2.33. The first kappa shape index (κ1) is 15.0. The molecule has 0 bridgehead atoms. The van der Waals surface area contributed by atoms with Crippen molar-refractivity contribution in [2.45, 2.75) is 32.7 Å². The third kappa shape index (κ3) is 3.14. The van der Waals surface area contributed by atoms with Crippen molar-refractivity contribution in [3.63, 3.8) is 0 Å². The van der Waals surface area contributed by atoms with E-state index in [1.165, 1.54) is 44.0 Å². The topological polar surface area (TPSA) is 23.5 Å². The van der Waals surface area contributed by atoms with Crippen molar-refractivity contribution in [2.75, 3.05) is 13.1 Å². The monoisotopic (exact) mass is 299 g/mol. The van der Waals surface area contributed by atoms with Crippen molar-refractivity contribution in [1.29, 1.82) is 0 Å². The normalized spacial score (nSPS) is 15.9. The van der Waals surface area contributed by atoms with Crippen LogP contribution in [0.15, 0.2) is 36.4 Å². The van der Waals surface area contributed by atoms with E-state index in [-0.39, 0.29) is 11.6 Å². The van der Waals surface area contributed by atoms with Gasteiger partial charge in [-0.25, -0.2) is 4.39 Å². The summed E-state index contributed by atoms with van der Waals surface area (Å²) in [5, 5.41) is 10.1. The summed E-state index contributed by atoms with van der Waals surface area (Å²) in [7, 11) is 0. The van der Waals surface area contributed by atoms with Gasteiger partial charge in [0.25, 0.3) is 0 Å². The molecule has 0 saturated carbocycles. The second-order valence-electron chi connectivity index (χ2n) is 6.10. The van der Waals surface area contributed by atoms with Gasteiger partial charge in [-0.15, -0.1) is 0 Å². The van der Waals surface area contributed by atoms with E-state index in [9.17, 15) is 9.50 Å². The molecule has 3 heteroatoms. The Hall–Kier alpha value is -1.87. The van der Waals surface area contributed by atoms with E-state index < -0.39 is 0 Å². The molecule has 116 valence electrons. The molecule has 1 N–H and O–H groups in total. The van der Waals surface area contributed by atoms with Crippen molar-refractivity contribution >= 4 is 0 Å². The summed E-state index contributed by atoms with van der Waals surface area (Å²) in [5.74, 6) is -0.341. The number of benzene rings is 2. The number of hydrogen-bond donors (Lipinski definition) is 1. The standard InChI is InChI=1S/C19H22FNO/c1-14-18(20)10-9-17(19(14)22)16-7-5-15(6-8-16)13-21-11-3-2-4-12-21/h5-10,22H,2-4,11-13H2,1H3. The molecule has 0 amide bonds. The Morgan fingerprint density at radius 1 is 1.00 bits per heavy atom. The molecule has 0 radical (unpaired) electrons. The van der Waals surface area contributed by atoms with Crippen LogP contribution in [0.2, 0.25) is 0 Å². The Bertz CT molecular complexity index is 645. The van der Waals surface area contributed by atoms with E-state index in [0.717, 1.165) is 12.1 Å². The number of halogens is 1. The summed E-state index contributed by atoms with van der Waals surface area (Å²) >= 11 is 0. The van der Waals surface area contributed by atoms with E-state index in [1.54, 1.807) is 13.0 Å². The summed E-state index contributed by atoms with van der Waals surface area (Å²) in [6.07, 6.45) is 3.93. The van der Waals surface area contributed by atoms with E-state index in [4.69, 9.17) is 0 Å². The van der Waals surface area contributed by atoms with Gasteiger partial charge in [-0.1, -0.05) is 30.7 Å². The summed E-state index contributed by atoms with van der Waals surface area (Å²) in [6, 6.07) is 11.3. The first-order chi connectivity index (χ1) is 10.6. The van der Waals surface area contributed by atoms with Crippen LogP contribution in [-0.2, 0) is 6.54 Å². The predicted octanol–water partition coefficient (Wildman–Crippen LogP) is 4.49. The van der Waals surface area contributed by atoms with Crippen LogP contribution in [0.25, 0.3) is 11.1 Å². The van der Waals surface area contributed by atoms with Gasteiger partial charge < -0.3 is 5.11 Å². The lowest BCUT2D eigenvalue weighted by atomic mass is 10.00. The average molecular weight is 299 g/mol. The van der Waals surface area contributed by atoms with Crippen LogP contribution in [0.5, 0.6) is 5.75 Å². The third-order valence-electron chi connectivity index (χ3n) is 4.48. The fourth-order valence-corrected chi connectivity index (χ4v) is 3.07. The lowest BCUT2D eigenvalue weighted by Gasteiger charge is -2.26. The molecule has 0 atom stereocenters. The molecule has 0 unspecified atom stereocenters. The van der Waals surface area contributed by atoms with E-state index in [2.05, 4.69) is 17.0 Å². The fraction of sp³-hybridized carbons (Fsp3) is 0.368. The minimum Gasteiger partial charge on any atom is -0.507 e. The van der Waals surface area contributed by atoms with Crippen molar-refractivity contribution < 1.29 is 9.50 Å². The summed E-state index contributed by atoms with van der Waals surface area (Å²) < 4.78 is 13.4. The van der Waals surface area contributed by atoms with E-state index >= 15 is 0 Å². The van der Waals surface area contributed by atoms with Crippen LogP contribution in [0.4, 0.5) is 4.39 Å². The number of phenolic OH excluding ortho intramolecular Hbond substituents is 1. The van der Waals surface area contributed by atoms with Crippen LogP contribution in [0, 0.1) is 12.7 Å². The lowest BCUT2D eigenvalue weighted by molar-refractivity contribution is 0.221. The minimum atomic E-state index is -0.372. The molecule has 0 spiro atoms. The molecule has 22 heavy (non-hydrogen) atoms. The Balaban J connectivity index is 1.78. The SMILES string of the molecule is Cc1c(F)ccc(-c2ccc(CN3CCCCC3)cc2)c1O. The molecule has 1 aliphatic rings. The van der Waals surface area contributed by atoms with Crippen LogP contribution in [0.1, 0.15) is 30.4 Å². The molecule has 1 fully saturated rings. The van der Waals surface area contributed by atoms with E-state index in [0.29, 0.717) is 11.1 Å². The summed E-state index contributed by atoms with van der Waals surface area (Å²) in [6.45, 7) is 4.94. The number of piperidine rings is 1. The highest BCUT2D eigenvalue weighted by atomic mass is 19.1. The van der Waals surface area contributed by atoms with Crippen LogP contribution in [-0.4, -0.2) is 23.1 Å². The highest BCUT2D eigenvalue weighted by molar-refractivity contribution is 5.71. The largest absolute Gasteiger partial charge is 0.507 e. The van der Waals surface area contributed by atoms with E-state index in [1.807, 2.05) is 12.1 Å². The fourth-order valence-electron chi connectivity index (χ4n) is 3.07. The predicted molar refractivity (Wildman–Crippen MR) is 87.4 cm³/mol. The van der Waals surface area contributed by atoms with Gasteiger partial charge in [0.15, 0.2) is 0 Å². The van der Waals surface area contributed by atoms with Crippen molar-refractivity contribution in [1.82, 2.24) is 4.90 Å². The third-order valence-corrected chi connectivity index (χ3v) is 4.48. The second-order valence-corrected chi connectivity index (χ2v) is 6.10. The molecule has 1 aliphatic heterocycles. The zero-order valence-corrected chi connectivity index (χ0v) is 13.0. The van der Waals surface area contributed by atoms with Gasteiger partial charge in [-0.05, 0) is 56.1 Å². The zero-order chi connectivity index (χ0) is 15.5. The van der Waals surface area contributed by atoms with Gasteiger partial charge in [0.05, 0.1) is 0 Å². The Kier molecular flexibility index (Phi) is 4.44. The van der Waals surface area contributed by atoms with Gasteiger partial charge in [0, 0.05) is 17.7 Å². The Labute approximate surface area is 131 Å². The number of phenols is 1. The van der Waals surface area contributed by atoms with Crippen molar-refractivity contribution in [2.24, 2.45) is 0 Å². The quantitative estimate of drug-likeness (QED) is 0.902. The van der Waals surface area contributed by atoms with Gasteiger partial charge >= 0.3 is 0 Å².